The van der Waals surface area contributed by atoms with Crippen molar-refractivity contribution in [2.75, 3.05) is 26.8 Å². The van der Waals surface area contributed by atoms with Crippen molar-refractivity contribution in [1.82, 2.24) is 21.3 Å². The van der Waals surface area contributed by atoms with E-state index in [9.17, 15) is 33.1 Å². The topological polar surface area (TPSA) is 174 Å². The summed E-state index contributed by atoms with van der Waals surface area (Å²) < 4.78 is 49.7. The summed E-state index contributed by atoms with van der Waals surface area (Å²) in [6, 6.07) is 7.93. The monoisotopic (exact) mass is 736 g/mol. The van der Waals surface area contributed by atoms with Gasteiger partial charge in [-0.05, 0) is 94.8 Å². The normalized spacial score (nSPS) is 13.6. The Kier molecular flexibility index (Phi) is 16.3. The van der Waals surface area contributed by atoms with E-state index >= 15 is 0 Å². The minimum Gasteiger partial charge on any atom is -0.497 e. The summed E-state index contributed by atoms with van der Waals surface area (Å²) in [6.45, 7) is 13.5. The number of carbonyl (C=O) groups is 4. The lowest BCUT2D eigenvalue weighted by Crippen LogP contribution is -2.55. The summed E-state index contributed by atoms with van der Waals surface area (Å²) in [5, 5.41) is 21.4. The fraction of sp³-hybridized carbons (Fsp3) is 0.568. The molecule has 0 aliphatic carbocycles. The van der Waals surface area contributed by atoms with Crippen molar-refractivity contribution < 1.29 is 52.0 Å². The number of alkyl carbamates (subject to hydrolysis) is 2. The van der Waals surface area contributed by atoms with Crippen molar-refractivity contribution >= 4 is 24.0 Å². The van der Waals surface area contributed by atoms with Crippen LogP contribution in [0.2, 0.25) is 0 Å². The molecule has 15 heteroatoms. The van der Waals surface area contributed by atoms with Gasteiger partial charge in [-0.3, -0.25) is 9.59 Å². The molecule has 0 bridgehead atoms. The number of aliphatic hydroxyl groups is 1. The predicted octanol–water partition coefficient (Wildman–Crippen LogP) is 4.53. The Morgan fingerprint density at radius 2 is 1.38 bits per heavy atom. The van der Waals surface area contributed by atoms with Gasteiger partial charge in [0.1, 0.15) is 28.6 Å². The summed E-state index contributed by atoms with van der Waals surface area (Å²) >= 11 is 0. The number of carbonyl (C=O) groups excluding carboxylic acids is 4. The van der Waals surface area contributed by atoms with Gasteiger partial charge in [-0.1, -0.05) is 26.0 Å². The van der Waals surface area contributed by atoms with Crippen molar-refractivity contribution in [1.29, 1.82) is 0 Å². The molecule has 290 valence electrons. The maximum absolute atomic E-state index is 14.4. The van der Waals surface area contributed by atoms with Crippen molar-refractivity contribution in [3.63, 3.8) is 0 Å². The zero-order valence-electron chi connectivity index (χ0n) is 31.5. The highest BCUT2D eigenvalue weighted by molar-refractivity contribution is 5.82. The van der Waals surface area contributed by atoms with Crippen molar-refractivity contribution in [3.05, 3.63) is 65.2 Å². The number of benzene rings is 2. The highest BCUT2D eigenvalue weighted by atomic mass is 19.1. The third-order valence-electron chi connectivity index (χ3n) is 7.21. The molecule has 0 saturated carbocycles. The summed E-state index contributed by atoms with van der Waals surface area (Å²) in [4.78, 5) is 51.1. The second-order valence-electron chi connectivity index (χ2n) is 15.2. The van der Waals surface area contributed by atoms with Gasteiger partial charge in [-0.15, -0.1) is 0 Å². The van der Waals surface area contributed by atoms with E-state index in [0.717, 1.165) is 23.8 Å². The lowest BCUT2D eigenvalue weighted by Gasteiger charge is -2.29. The van der Waals surface area contributed by atoms with Crippen LogP contribution in [0.4, 0.5) is 18.4 Å². The number of halogens is 2. The van der Waals surface area contributed by atoms with Crippen LogP contribution in [0.15, 0.2) is 42.5 Å². The number of aliphatic hydroxyl groups excluding tert-OH is 1. The Morgan fingerprint density at radius 3 is 1.96 bits per heavy atom. The average Bonchev–Trinajstić information content (AvgIpc) is 3.02. The van der Waals surface area contributed by atoms with Crippen LogP contribution >= 0.6 is 0 Å². The van der Waals surface area contributed by atoms with Gasteiger partial charge >= 0.3 is 12.2 Å². The average molecular weight is 737 g/mol. The molecule has 5 N–H and O–H groups in total. The van der Waals surface area contributed by atoms with Gasteiger partial charge in [0.2, 0.25) is 5.91 Å². The Bertz CT molecular complexity index is 1490. The maximum atomic E-state index is 14.4. The molecular formula is C37H54F2N4O9. The lowest BCUT2D eigenvalue weighted by atomic mass is 9.93. The smallest absolute Gasteiger partial charge is 0.408 e. The van der Waals surface area contributed by atoms with Gasteiger partial charge in [0.15, 0.2) is 6.10 Å². The zero-order valence-corrected chi connectivity index (χ0v) is 31.5. The first kappa shape index (κ1) is 43.7. The number of rotatable bonds is 17. The van der Waals surface area contributed by atoms with Gasteiger partial charge in [0, 0.05) is 25.6 Å². The molecule has 0 aromatic heterocycles. The third-order valence-corrected chi connectivity index (χ3v) is 7.21. The number of amides is 4. The van der Waals surface area contributed by atoms with Crippen molar-refractivity contribution in [2.24, 2.45) is 5.41 Å². The SMILES string of the molecule is COc1ccc(COC[C@@H](NC(=O)OC(C)(C)C)[C@H](O)C(=O)NCC(C)(C)CNC(=O)CC(Cc2cc(F)ccc2F)NC(=O)OC(C)(C)C)cc1. The molecule has 0 radical (unpaired) electrons. The lowest BCUT2D eigenvalue weighted by molar-refractivity contribution is -0.132. The first-order chi connectivity index (χ1) is 24.1. The van der Waals surface area contributed by atoms with E-state index in [4.69, 9.17) is 18.9 Å². The van der Waals surface area contributed by atoms with Gasteiger partial charge in [0.25, 0.3) is 5.91 Å². The van der Waals surface area contributed by atoms with Crippen LogP contribution in [-0.4, -0.2) is 85.3 Å². The highest BCUT2D eigenvalue weighted by Gasteiger charge is 2.31. The van der Waals surface area contributed by atoms with Crippen LogP contribution in [-0.2, 0) is 36.8 Å². The van der Waals surface area contributed by atoms with E-state index < -0.39 is 70.4 Å². The molecule has 1 unspecified atom stereocenters. The first-order valence-corrected chi connectivity index (χ1v) is 16.9. The van der Waals surface area contributed by atoms with Gasteiger partial charge in [-0.25, -0.2) is 18.4 Å². The molecule has 2 aromatic carbocycles. The number of hydrogen-bond acceptors (Lipinski definition) is 9. The molecule has 0 saturated heterocycles. The van der Waals surface area contributed by atoms with Gasteiger partial charge in [-0.2, -0.15) is 0 Å². The minimum absolute atomic E-state index is 0.00310. The fourth-order valence-corrected chi connectivity index (χ4v) is 4.62. The zero-order chi connectivity index (χ0) is 39.3. The maximum Gasteiger partial charge on any atom is 0.408 e. The van der Waals surface area contributed by atoms with Crippen LogP contribution in [0.5, 0.6) is 5.75 Å². The molecule has 2 aromatic rings. The Hall–Kier alpha value is -4.50. The van der Waals surface area contributed by atoms with E-state index in [1.54, 1.807) is 86.8 Å². The summed E-state index contributed by atoms with van der Waals surface area (Å²) in [5.74, 6) is -2.00. The van der Waals surface area contributed by atoms with Crippen LogP contribution in [0.3, 0.4) is 0 Å². The number of methoxy groups -OCH3 is 1. The van der Waals surface area contributed by atoms with Gasteiger partial charge in [0.05, 0.1) is 26.4 Å². The summed E-state index contributed by atoms with van der Waals surface area (Å²) in [5.41, 5.74) is -1.64. The minimum atomic E-state index is -1.73. The second-order valence-corrected chi connectivity index (χ2v) is 15.2. The van der Waals surface area contributed by atoms with Crippen molar-refractivity contribution in [2.45, 2.75) is 104 Å². The molecule has 0 aliphatic rings. The third kappa shape index (κ3) is 17.1. The molecule has 0 aliphatic heterocycles. The van der Waals surface area contributed by atoms with Crippen LogP contribution in [0.25, 0.3) is 0 Å². The Morgan fingerprint density at radius 1 is 0.808 bits per heavy atom. The molecule has 3 atom stereocenters. The largest absolute Gasteiger partial charge is 0.497 e. The highest BCUT2D eigenvalue weighted by Crippen LogP contribution is 2.17. The molecule has 2 rings (SSSR count). The predicted molar refractivity (Wildman–Crippen MR) is 189 cm³/mol. The molecule has 0 fully saturated rings. The molecule has 4 amide bonds. The van der Waals surface area contributed by atoms with Crippen molar-refractivity contribution in [3.8, 4) is 5.75 Å². The molecule has 13 nitrogen and oxygen atoms in total. The van der Waals surface area contributed by atoms with E-state index in [0.29, 0.717) is 5.75 Å². The second kappa shape index (κ2) is 19.4. The number of ether oxygens (including phenoxy) is 4. The Balaban J connectivity index is 2.01. The van der Waals surface area contributed by atoms with E-state index in [-0.39, 0.29) is 44.7 Å². The van der Waals surface area contributed by atoms with Gasteiger partial charge < -0.3 is 45.3 Å². The molecule has 52 heavy (non-hydrogen) atoms. The molecular weight excluding hydrogens is 682 g/mol. The standard InChI is InChI=1S/C37H54F2N4O9/c1-35(2,3)51-33(47)42-26(17-24-16-25(38)12-15-28(24)39)18-30(44)40-21-37(7,8)22-41-32(46)31(45)29(43-34(48)52-36(4,5)6)20-50-19-23-10-13-27(49-9)14-11-23/h10-16,26,29,31,45H,17-22H2,1-9H3,(H,40,44)(H,41,46)(H,42,47)(H,43,48)/t26?,29-,31+/m1/s1. The van der Waals surface area contributed by atoms with Crippen LogP contribution in [0, 0.1) is 17.0 Å². The first-order valence-electron chi connectivity index (χ1n) is 16.9. The fourth-order valence-electron chi connectivity index (χ4n) is 4.62. The van der Waals surface area contributed by atoms with E-state index in [1.165, 1.54) is 0 Å². The van der Waals surface area contributed by atoms with E-state index in [1.807, 2.05) is 0 Å². The number of hydrogen-bond donors (Lipinski definition) is 5. The van der Waals surface area contributed by atoms with Crippen LogP contribution in [0.1, 0.15) is 72.9 Å². The van der Waals surface area contributed by atoms with E-state index in [2.05, 4.69) is 21.3 Å². The molecule has 0 spiro atoms. The summed E-state index contributed by atoms with van der Waals surface area (Å²) in [7, 11) is 1.55. The Labute approximate surface area is 304 Å². The quantitative estimate of drug-likeness (QED) is 0.156. The number of nitrogens with one attached hydrogen (secondary N) is 4. The van der Waals surface area contributed by atoms with Crippen LogP contribution < -0.4 is 26.0 Å². The summed E-state index contributed by atoms with van der Waals surface area (Å²) in [6.07, 6.45) is -3.87. The molecule has 0 heterocycles.